The van der Waals surface area contributed by atoms with Crippen LogP contribution in [0.15, 0.2) is 24.4 Å². The van der Waals surface area contributed by atoms with Crippen molar-refractivity contribution in [3.05, 3.63) is 24.4 Å². The number of alkyl halides is 5. The molecule has 3 fully saturated rings. The number of carboxylic acid groups (broad SMARTS) is 1. The third kappa shape index (κ3) is 6.05. The van der Waals surface area contributed by atoms with Crippen LogP contribution in [0, 0.1) is 17.8 Å². The van der Waals surface area contributed by atoms with Crippen LogP contribution >= 0.6 is 0 Å². The standard InChI is InChI=1S/C18H22F2N2O3.C2HF3O2/c19-18(20)7-13(8-18)17(23)22-9-14-12(11-25-15(14)10-22)4-6-24-16-3-1-2-5-21-16;3-2(4,5)1(6)7/h1-3,5,12-15H,4,6-11H2;(H,6,7)/t12-,14-,15-;/m0./s1. The first kappa shape index (κ1) is 24.1. The number of fused-ring (bicyclic) bond motifs is 1. The van der Waals surface area contributed by atoms with E-state index in [2.05, 4.69) is 4.98 Å². The van der Waals surface area contributed by atoms with Crippen molar-refractivity contribution in [1.82, 2.24) is 9.88 Å². The Kier molecular flexibility index (Phi) is 7.21. The number of hydrogen-bond acceptors (Lipinski definition) is 5. The van der Waals surface area contributed by atoms with Crippen molar-refractivity contribution in [3.8, 4) is 5.88 Å². The Hall–Kier alpha value is -2.50. The van der Waals surface area contributed by atoms with Crippen molar-refractivity contribution in [2.24, 2.45) is 17.8 Å². The van der Waals surface area contributed by atoms with Gasteiger partial charge in [-0.15, -0.1) is 0 Å². The summed E-state index contributed by atoms with van der Waals surface area (Å²) in [5.41, 5.74) is 0. The molecule has 3 atom stereocenters. The van der Waals surface area contributed by atoms with Crippen molar-refractivity contribution in [2.45, 2.75) is 37.5 Å². The van der Waals surface area contributed by atoms with E-state index >= 15 is 0 Å². The van der Waals surface area contributed by atoms with Crippen LogP contribution in [0.5, 0.6) is 5.88 Å². The minimum absolute atomic E-state index is 0.0318. The van der Waals surface area contributed by atoms with E-state index in [9.17, 15) is 26.7 Å². The van der Waals surface area contributed by atoms with Crippen LogP contribution in [0.25, 0.3) is 0 Å². The molecule has 1 aromatic heterocycles. The third-order valence-electron chi connectivity index (χ3n) is 5.81. The fraction of sp³-hybridized carbons (Fsp3) is 0.650. The van der Waals surface area contributed by atoms with Gasteiger partial charge in [-0.1, -0.05) is 6.07 Å². The normalized spacial score (nSPS) is 26.5. The van der Waals surface area contributed by atoms with E-state index in [0.29, 0.717) is 38.1 Å². The lowest BCUT2D eigenvalue weighted by atomic mass is 9.80. The molecule has 1 aliphatic carbocycles. The first-order valence-electron chi connectivity index (χ1n) is 10.1. The molecule has 0 aromatic carbocycles. The van der Waals surface area contributed by atoms with Gasteiger partial charge >= 0.3 is 12.1 Å². The van der Waals surface area contributed by atoms with Crippen LogP contribution in [0.1, 0.15) is 19.3 Å². The van der Waals surface area contributed by atoms with E-state index in [-0.39, 0.29) is 30.8 Å². The van der Waals surface area contributed by atoms with Crippen molar-refractivity contribution >= 4 is 11.9 Å². The SMILES string of the molecule is O=C(C1CC(F)(F)C1)N1C[C@H]2[C@@H](CCOc3ccccn3)CO[C@H]2C1.O=C(O)C(F)(F)F. The van der Waals surface area contributed by atoms with Crippen LogP contribution in [0.3, 0.4) is 0 Å². The second-order valence-corrected chi connectivity index (χ2v) is 8.11. The maximum atomic E-state index is 13.0. The number of aromatic nitrogens is 1. The summed E-state index contributed by atoms with van der Waals surface area (Å²) in [4.78, 5) is 27.1. The quantitative estimate of drug-likeness (QED) is 0.672. The molecular formula is C20H23F5N2O5. The first-order valence-corrected chi connectivity index (χ1v) is 10.1. The summed E-state index contributed by atoms with van der Waals surface area (Å²) in [5.74, 6) is -4.85. The Labute approximate surface area is 180 Å². The molecular weight excluding hydrogens is 443 g/mol. The van der Waals surface area contributed by atoms with E-state index in [0.717, 1.165) is 6.42 Å². The molecule has 12 heteroatoms. The second-order valence-electron chi connectivity index (χ2n) is 8.11. The van der Waals surface area contributed by atoms with Gasteiger partial charge in [0.1, 0.15) is 0 Å². The molecule has 1 aromatic rings. The van der Waals surface area contributed by atoms with Crippen LogP contribution in [-0.2, 0) is 14.3 Å². The minimum Gasteiger partial charge on any atom is -0.478 e. The molecule has 1 amide bonds. The molecule has 3 aliphatic rings. The molecule has 1 saturated carbocycles. The molecule has 2 saturated heterocycles. The fourth-order valence-corrected chi connectivity index (χ4v) is 4.12. The number of nitrogens with zero attached hydrogens (tertiary/aromatic N) is 2. The molecule has 0 spiro atoms. The molecule has 0 bridgehead atoms. The van der Waals surface area contributed by atoms with E-state index in [1.165, 1.54) is 0 Å². The fourth-order valence-electron chi connectivity index (χ4n) is 4.12. The van der Waals surface area contributed by atoms with Gasteiger partial charge in [0.05, 0.1) is 19.3 Å². The van der Waals surface area contributed by atoms with Gasteiger partial charge in [0, 0.05) is 50.0 Å². The van der Waals surface area contributed by atoms with Gasteiger partial charge in [-0.2, -0.15) is 13.2 Å². The van der Waals surface area contributed by atoms with Gasteiger partial charge in [-0.25, -0.2) is 18.6 Å². The zero-order valence-corrected chi connectivity index (χ0v) is 16.9. The highest BCUT2D eigenvalue weighted by Crippen LogP contribution is 2.44. The number of halogens is 5. The van der Waals surface area contributed by atoms with Gasteiger partial charge < -0.3 is 19.5 Å². The van der Waals surface area contributed by atoms with Gasteiger partial charge in [0.2, 0.25) is 17.7 Å². The van der Waals surface area contributed by atoms with Gasteiger partial charge in [-0.05, 0) is 18.4 Å². The van der Waals surface area contributed by atoms with Crippen LogP contribution < -0.4 is 4.74 Å². The summed E-state index contributed by atoms with van der Waals surface area (Å²) in [6, 6.07) is 5.53. The number of carboxylic acids is 1. The topological polar surface area (TPSA) is 89.0 Å². The van der Waals surface area contributed by atoms with E-state index in [1.807, 2.05) is 18.2 Å². The zero-order chi connectivity index (χ0) is 23.5. The number of aliphatic carboxylic acids is 1. The summed E-state index contributed by atoms with van der Waals surface area (Å²) in [7, 11) is 0. The van der Waals surface area contributed by atoms with E-state index < -0.39 is 24.0 Å². The van der Waals surface area contributed by atoms with Crippen molar-refractivity contribution in [3.63, 3.8) is 0 Å². The van der Waals surface area contributed by atoms with Gasteiger partial charge in [0.15, 0.2) is 0 Å². The van der Waals surface area contributed by atoms with Gasteiger partial charge in [0.25, 0.3) is 0 Å². The van der Waals surface area contributed by atoms with Gasteiger partial charge in [-0.3, -0.25) is 4.79 Å². The highest BCUT2D eigenvalue weighted by Gasteiger charge is 2.52. The van der Waals surface area contributed by atoms with E-state index in [1.54, 1.807) is 11.1 Å². The largest absolute Gasteiger partial charge is 0.490 e. The smallest absolute Gasteiger partial charge is 0.478 e. The maximum Gasteiger partial charge on any atom is 0.490 e. The molecule has 4 rings (SSSR count). The molecule has 2 aliphatic heterocycles. The number of carbonyl (C=O) groups excluding carboxylic acids is 1. The first-order chi connectivity index (χ1) is 15.0. The lowest BCUT2D eigenvalue weighted by molar-refractivity contribution is -0.192. The van der Waals surface area contributed by atoms with Crippen molar-refractivity contribution < 1.29 is 46.1 Å². The Balaban J connectivity index is 0.000000360. The number of ether oxygens (including phenoxy) is 2. The summed E-state index contributed by atoms with van der Waals surface area (Å²) in [5, 5.41) is 7.12. The average molecular weight is 466 g/mol. The predicted octanol–water partition coefficient (Wildman–Crippen LogP) is 3.00. The Bertz CT molecular complexity index is 799. The summed E-state index contributed by atoms with van der Waals surface area (Å²) in [6.07, 6.45) is -3.14. The summed E-state index contributed by atoms with van der Waals surface area (Å²) < 4.78 is 69.2. The number of hydrogen-bond donors (Lipinski definition) is 1. The van der Waals surface area contributed by atoms with Crippen molar-refractivity contribution in [2.75, 3.05) is 26.3 Å². The van der Waals surface area contributed by atoms with Crippen LogP contribution in [-0.4, -0.2) is 71.4 Å². The van der Waals surface area contributed by atoms with Crippen LogP contribution in [0.2, 0.25) is 0 Å². The number of carbonyl (C=O) groups is 2. The number of rotatable bonds is 5. The highest BCUT2D eigenvalue weighted by atomic mass is 19.4. The number of likely N-dealkylation sites (tertiary alicyclic amines) is 1. The van der Waals surface area contributed by atoms with Crippen molar-refractivity contribution in [1.29, 1.82) is 0 Å². The second kappa shape index (κ2) is 9.55. The Morgan fingerprint density at radius 2 is 1.94 bits per heavy atom. The lowest BCUT2D eigenvalue weighted by Gasteiger charge is -2.36. The lowest BCUT2D eigenvalue weighted by Crippen LogP contribution is -2.46. The minimum atomic E-state index is -5.08. The predicted molar refractivity (Wildman–Crippen MR) is 99.0 cm³/mol. The molecule has 178 valence electrons. The average Bonchev–Trinajstić information content (AvgIpc) is 3.28. The molecule has 0 unspecified atom stereocenters. The number of pyridine rings is 1. The Morgan fingerprint density at radius 1 is 1.25 bits per heavy atom. The molecule has 0 radical (unpaired) electrons. The maximum absolute atomic E-state index is 13.0. The molecule has 32 heavy (non-hydrogen) atoms. The highest BCUT2D eigenvalue weighted by molar-refractivity contribution is 5.80. The monoisotopic (exact) mass is 466 g/mol. The van der Waals surface area contributed by atoms with E-state index in [4.69, 9.17) is 19.4 Å². The summed E-state index contributed by atoms with van der Waals surface area (Å²) >= 11 is 0. The Morgan fingerprint density at radius 3 is 2.50 bits per heavy atom. The number of amides is 1. The zero-order valence-electron chi connectivity index (χ0n) is 16.9. The molecule has 1 N–H and O–H groups in total. The van der Waals surface area contributed by atoms with Crippen LogP contribution in [0.4, 0.5) is 22.0 Å². The molecule has 7 nitrogen and oxygen atoms in total. The third-order valence-corrected chi connectivity index (χ3v) is 5.81. The summed E-state index contributed by atoms with van der Waals surface area (Å²) in [6.45, 7) is 2.37. The molecule has 3 heterocycles.